The van der Waals surface area contributed by atoms with Crippen LogP contribution >= 0.6 is 0 Å². The van der Waals surface area contributed by atoms with Gasteiger partial charge in [0.05, 0.1) is 5.56 Å². The van der Waals surface area contributed by atoms with Crippen molar-refractivity contribution in [2.45, 2.75) is 73.8 Å². The number of hydrogen-bond donors (Lipinski definition) is 3. The zero-order chi connectivity index (χ0) is 25.1. The molecule has 1 aliphatic heterocycles. The molecule has 0 aliphatic carbocycles. The maximum Gasteiger partial charge on any atom is 0.257 e. The van der Waals surface area contributed by atoms with E-state index in [0.717, 1.165) is 22.6 Å². The first kappa shape index (κ1) is 28.5. The molecule has 184 valence electrons. The van der Waals surface area contributed by atoms with Crippen LogP contribution in [0.5, 0.6) is 11.5 Å². The van der Waals surface area contributed by atoms with Crippen molar-refractivity contribution in [2.24, 2.45) is 5.92 Å². The predicted octanol–water partition coefficient (Wildman–Crippen LogP) is 6.14. The zero-order valence-electron chi connectivity index (χ0n) is 21.8. The minimum atomic E-state index is -0.267. The van der Waals surface area contributed by atoms with Crippen molar-refractivity contribution < 1.29 is 15.0 Å². The summed E-state index contributed by atoms with van der Waals surface area (Å²) in [7, 11) is 1.72. The van der Waals surface area contributed by atoms with Gasteiger partial charge in [-0.3, -0.25) is 4.79 Å². The average molecular weight is 457 g/mol. The number of nitrogens with zero attached hydrogens (tertiary/aromatic N) is 1. The molecule has 0 saturated carbocycles. The minimum Gasteiger partial charge on any atom is -0.508 e. The number of benzene rings is 2. The lowest BCUT2D eigenvalue weighted by atomic mass is 9.98. The first-order chi connectivity index (χ1) is 15.6. The van der Waals surface area contributed by atoms with E-state index in [0.29, 0.717) is 12.1 Å². The smallest absolute Gasteiger partial charge is 0.257 e. The van der Waals surface area contributed by atoms with Gasteiger partial charge in [0.25, 0.3) is 5.91 Å². The Morgan fingerprint density at radius 1 is 1.06 bits per heavy atom. The number of phenolic OH excluding ortho intramolecular Hbond substituents is 2. The van der Waals surface area contributed by atoms with Crippen LogP contribution in [0.3, 0.4) is 0 Å². The van der Waals surface area contributed by atoms with Crippen molar-refractivity contribution in [1.29, 1.82) is 0 Å². The first-order valence-electron chi connectivity index (χ1n) is 12.2. The van der Waals surface area contributed by atoms with Crippen molar-refractivity contribution in [3.05, 3.63) is 58.1 Å². The lowest BCUT2D eigenvalue weighted by Crippen LogP contribution is -2.27. The highest BCUT2D eigenvalue weighted by Crippen LogP contribution is 2.33. The lowest BCUT2D eigenvalue weighted by Gasteiger charge is -2.21. The second-order valence-corrected chi connectivity index (χ2v) is 9.05. The Hall–Kier alpha value is -2.53. The summed E-state index contributed by atoms with van der Waals surface area (Å²) in [4.78, 5) is 14.4. The van der Waals surface area contributed by atoms with Crippen molar-refractivity contribution in [3.63, 3.8) is 0 Å². The average Bonchev–Trinajstić information content (AvgIpc) is 2.78. The minimum absolute atomic E-state index is 0.0106. The predicted molar refractivity (Wildman–Crippen MR) is 138 cm³/mol. The number of nitrogens with one attached hydrogen (secondary N) is 1. The summed E-state index contributed by atoms with van der Waals surface area (Å²) < 4.78 is 0. The lowest BCUT2D eigenvalue weighted by molar-refractivity contribution is 0.0781. The Labute approximate surface area is 200 Å². The quantitative estimate of drug-likeness (QED) is 0.516. The summed E-state index contributed by atoms with van der Waals surface area (Å²) in [5.41, 5.74) is 4.23. The van der Waals surface area contributed by atoms with E-state index in [1.807, 2.05) is 59.7 Å². The number of phenols is 2. The van der Waals surface area contributed by atoms with Crippen LogP contribution in [0.15, 0.2) is 30.3 Å². The fraction of sp³-hybridized carbons (Fsp3) is 0.536. The molecule has 1 aliphatic rings. The monoisotopic (exact) mass is 456 g/mol. The van der Waals surface area contributed by atoms with Crippen LogP contribution in [-0.4, -0.2) is 41.2 Å². The third kappa shape index (κ3) is 8.39. The molecule has 2 aromatic rings. The van der Waals surface area contributed by atoms with Crippen molar-refractivity contribution in [2.75, 3.05) is 20.1 Å². The number of piperidine rings is 1. The molecule has 0 atom stereocenters. The highest BCUT2D eigenvalue weighted by atomic mass is 16.3. The van der Waals surface area contributed by atoms with Gasteiger partial charge in [0, 0.05) is 19.7 Å². The van der Waals surface area contributed by atoms with Gasteiger partial charge in [-0.15, -0.1) is 0 Å². The summed E-state index contributed by atoms with van der Waals surface area (Å²) in [6.07, 6.45) is 2.75. The summed E-state index contributed by atoms with van der Waals surface area (Å²) in [6, 6.07) is 8.87. The van der Waals surface area contributed by atoms with Crippen LogP contribution in [0.4, 0.5) is 0 Å². The third-order valence-electron chi connectivity index (χ3n) is 6.01. The van der Waals surface area contributed by atoms with Gasteiger partial charge in [-0.2, -0.15) is 0 Å². The molecule has 0 radical (unpaired) electrons. The second-order valence-electron chi connectivity index (χ2n) is 9.05. The summed E-state index contributed by atoms with van der Waals surface area (Å²) in [6.45, 7) is 17.2. The van der Waals surface area contributed by atoms with Gasteiger partial charge < -0.3 is 20.4 Å². The topological polar surface area (TPSA) is 72.8 Å². The van der Waals surface area contributed by atoms with Gasteiger partial charge in [0.15, 0.2) is 0 Å². The highest BCUT2D eigenvalue weighted by molar-refractivity contribution is 5.97. The molecule has 3 N–H and O–H groups in total. The van der Waals surface area contributed by atoms with Crippen molar-refractivity contribution in [3.8, 4) is 11.5 Å². The number of carbonyl (C=O) groups excluding carboxylic acids is 1. The van der Waals surface area contributed by atoms with E-state index in [1.54, 1.807) is 18.0 Å². The fourth-order valence-corrected chi connectivity index (χ4v) is 3.81. The van der Waals surface area contributed by atoms with Crippen LogP contribution in [-0.2, 0) is 6.54 Å². The molecule has 1 amide bonds. The third-order valence-corrected chi connectivity index (χ3v) is 6.01. The first-order valence-corrected chi connectivity index (χ1v) is 12.2. The van der Waals surface area contributed by atoms with E-state index in [9.17, 15) is 15.0 Å². The standard InChI is InChI=1S/C20H25NO3.C6H13N.C2H6/c1-12(2)15-9-16(19(23)10-18(15)22)20(24)21(5)11-17-13(3)7-6-8-14(17)4;1-6-2-4-7-5-3-6;1-2/h6-10,12,22-23H,11H2,1-5H3;6-7H,2-5H2,1H3;1-2H3. The maximum atomic E-state index is 12.8. The fourth-order valence-electron chi connectivity index (χ4n) is 3.81. The molecule has 5 heteroatoms. The largest absolute Gasteiger partial charge is 0.508 e. The van der Waals surface area contributed by atoms with Gasteiger partial charge >= 0.3 is 0 Å². The molecule has 2 aromatic carbocycles. The molecule has 33 heavy (non-hydrogen) atoms. The van der Waals surface area contributed by atoms with Gasteiger partial charge in [0.1, 0.15) is 11.5 Å². The van der Waals surface area contributed by atoms with Crippen LogP contribution in [0.1, 0.15) is 86.0 Å². The molecule has 0 spiro atoms. The van der Waals surface area contributed by atoms with Crippen LogP contribution < -0.4 is 5.32 Å². The van der Waals surface area contributed by atoms with Crippen molar-refractivity contribution >= 4 is 5.91 Å². The van der Waals surface area contributed by atoms with Crippen molar-refractivity contribution in [1.82, 2.24) is 10.2 Å². The highest BCUT2D eigenvalue weighted by Gasteiger charge is 2.20. The second kappa shape index (κ2) is 13.9. The Bertz CT molecular complexity index is 867. The molecule has 1 fully saturated rings. The summed E-state index contributed by atoms with van der Waals surface area (Å²) in [5.74, 6) is 0.575. The molecule has 0 unspecified atom stereocenters. The zero-order valence-corrected chi connectivity index (χ0v) is 21.8. The Kier molecular flexibility index (Phi) is 12.0. The van der Waals surface area contributed by atoms with Gasteiger partial charge in [-0.25, -0.2) is 0 Å². The Balaban J connectivity index is 0.000000508. The van der Waals surface area contributed by atoms with E-state index >= 15 is 0 Å². The number of aromatic hydroxyl groups is 2. The molecule has 0 bridgehead atoms. The number of amides is 1. The van der Waals surface area contributed by atoms with Crippen LogP contribution in [0, 0.1) is 19.8 Å². The number of carbonyl (C=O) groups is 1. The number of aryl methyl sites for hydroxylation is 2. The van der Waals surface area contributed by atoms with Crippen LogP contribution in [0.25, 0.3) is 0 Å². The van der Waals surface area contributed by atoms with E-state index in [4.69, 9.17) is 0 Å². The number of hydrogen-bond acceptors (Lipinski definition) is 4. The molecule has 0 aromatic heterocycles. The maximum absolute atomic E-state index is 12.8. The Morgan fingerprint density at radius 3 is 2.06 bits per heavy atom. The van der Waals surface area contributed by atoms with Crippen LogP contribution in [0.2, 0.25) is 0 Å². The Morgan fingerprint density at radius 2 is 1.61 bits per heavy atom. The molecule has 3 rings (SSSR count). The van der Waals surface area contributed by atoms with E-state index in [2.05, 4.69) is 12.2 Å². The molecular formula is C28H44N2O3. The number of rotatable bonds is 4. The normalized spacial score (nSPS) is 13.5. The van der Waals surface area contributed by atoms with E-state index < -0.39 is 0 Å². The molecule has 1 saturated heterocycles. The van der Waals surface area contributed by atoms with E-state index in [-0.39, 0.29) is 28.9 Å². The molecule has 5 nitrogen and oxygen atoms in total. The molecular weight excluding hydrogens is 412 g/mol. The van der Waals surface area contributed by atoms with Gasteiger partial charge in [0.2, 0.25) is 0 Å². The van der Waals surface area contributed by atoms with E-state index in [1.165, 1.54) is 32.0 Å². The molecule has 1 heterocycles. The summed E-state index contributed by atoms with van der Waals surface area (Å²) >= 11 is 0. The van der Waals surface area contributed by atoms with Gasteiger partial charge in [-0.05, 0) is 79.9 Å². The SMILES string of the molecule is CC.CC1CCNCC1.Cc1cccc(C)c1CN(C)C(=O)c1cc(C(C)C)c(O)cc1O. The summed E-state index contributed by atoms with van der Waals surface area (Å²) in [5, 5.41) is 23.3. The van der Waals surface area contributed by atoms with Gasteiger partial charge in [-0.1, -0.05) is 52.8 Å².